The van der Waals surface area contributed by atoms with Gasteiger partial charge in [0, 0.05) is 37.3 Å². The van der Waals surface area contributed by atoms with Crippen molar-refractivity contribution in [3.8, 4) is 5.75 Å². The molecule has 0 unspecified atom stereocenters. The Morgan fingerprint density at radius 3 is 2.48 bits per heavy atom. The van der Waals surface area contributed by atoms with Gasteiger partial charge in [-0.3, -0.25) is 14.9 Å². The lowest BCUT2D eigenvalue weighted by molar-refractivity contribution is -0.385. The zero-order valence-corrected chi connectivity index (χ0v) is 15.3. The first-order valence-electron chi connectivity index (χ1n) is 8.49. The Morgan fingerprint density at radius 1 is 1.32 bits per heavy atom. The fraction of sp³-hybridized carbons (Fsp3) is 0.611. The molecule has 0 saturated carbocycles. The number of nitro benzene ring substituents is 1. The molecule has 1 saturated heterocycles. The molecule has 0 atom stereocenters. The summed E-state index contributed by atoms with van der Waals surface area (Å²) < 4.78 is 10.5. The number of methoxy groups -OCH3 is 1. The van der Waals surface area contributed by atoms with Crippen LogP contribution in [0.15, 0.2) is 18.2 Å². The van der Waals surface area contributed by atoms with Gasteiger partial charge in [0.1, 0.15) is 5.60 Å². The van der Waals surface area contributed by atoms with E-state index in [1.54, 1.807) is 12.1 Å². The number of hydrogen-bond donors (Lipinski definition) is 0. The maximum Gasteiger partial charge on any atom is 0.311 e. The summed E-state index contributed by atoms with van der Waals surface area (Å²) in [6.07, 6.45) is 2.21. The second kappa shape index (κ2) is 7.72. The van der Waals surface area contributed by atoms with E-state index in [0.717, 1.165) is 31.6 Å². The average Bonchev–Trinajstić information content (AvgIpc) is 2.53. The molecule has 1 aliphatic heterocycles. The summed E-state index contributed by atoms with van der Waals surface area (Å²) in [7, 11) is 1.43. The number of nitrogens with zero attached hydrogens (tertiary/aromatic N) is 2. The molecule has 0 aromatic heterocycles. The highest BCUT2D eigenvalue weighted by molar-refractivity contribution is 5.70. The Morgan fingerprint density at radius 2 is 1.96 bits per heavy atom. The zero-order chi connectivity index (χ0) is 18.6. The number of rotatable bonds is 5. The van der Waals surface area contributed by atoms with Crippen LogP contribution < -0.4 is 9.64 Å². The number of ether oxygens (including phenoxy) is 2. The largest absolute Gasteiger partial charge is 0.490 e. The molecule has 2 rings (SSSR count). The molecule has 0 aliphatic carbocycles. The third-order valence-electron chi connectivity index (χ3n) is 4.22. The highest BCUT2D eigenvalue weighted by Gasteiger charge is 2.25. The van der Waals surface area contributed by atoms with Crippen molar-refractivity contribution in [1.82, 2.24) is 0 Å². The van der Waals surface area contributed by atoms with Crippen LogP contribution in [-0.2, 0) is 9.53 Å². The van der Waals surface area contributed by atoms with Gasteiger partial charge in [-0.2, -0.15) is 0 Å². The summed E-state index contributed by atoms with van der Waals surface area (Å²) in [5.74, 6) is 0.423. The fourth-order valence-electron chi connectivity index (χ4n) is 3.03. The van der Waals surface area contributed by atoms with Gasteiger partial charge in [-0.15, -0.1) is 0 Å². The van der Waals surface area contributed by atoms with Crippen LogP contribution in [0.1, 0.15) is 40.0 Å². The summed E-state index contributed by atoms with van der Waals surface area (Å²) in [4.78, 5) is 24.6. The number of benzene rings is 1. The minimum Gasteiger partial charge on any atom is -0.490 e. The van der Waals surface area contributed by atoms with Gasteiger partial charge < -0.3 is 14.4 Å². The van der Waals surface area contributed by atoms with Gasteiger partial charge in [0.2, 0.25) is 0 Å². The van der Waals surface area contributed by atoms with Gasteiger partial charge in [0.25, 0.3) is 0 Å². The maximum atomic E-state index is 11.9. The second-order valence-corrected chi connectivity index (χ2v) is 7.33. The molecule has 25 heavy (non-hydrogen) atoms. The Balaban J connectivity index is 1.94. The quantitative estimate of drug-likeness (QED) is 0.459. The normalized spacial score (nSPS) is 15.8. The highest BCUT2D eigenvalue weighted by Crippen LogP contribution is 2.33. The molecule has 7 nitrogen and oxygen atoms in total. The monoisotopic (exact) mass is 350 g/mol. The van der Waals surface area contributed by atoms with Crippen molar-refractivity contribution in [2.75, 3.05) is 25.1 Å². The molecule has 138 valence electrons. The van der Waals surface area contributed by atoms with E-state index in [9.17, 15) is 14.9 Å². The topological polar surface area (TPSA) is 81.9 Å². The maximum absolute atomic E-state index is 11.9. The highest BCUT2D eigenvalue weighted by atomic mass is 16.6. The SMILES string of the molecule is COc1cc(N2CCC(CC(=O)OC(C)(C)C)CC2)ccc1[N+](=O)[O-]. The number of hydrogen-bond acceptors (Lipinski definition) is 6. The van der Waals surface area contributed by atoms with E-state index in [2.05, 4.69) is 4.90 Å². The zero-order valence-electron chi connectivity index (χ0n) is 15.3. The molecule has 7 heteroatoms. The molecule has 0 spiro atoms. The van der Waals surface area contributed by atoms with E-state index >= 15 is 0 Å². The minimum atomic E-state index is -0.451. The van der Waals surface area contributed by atoms with Crippen LogP contribution in [0.3, 0.4) is 0 Å². The standard InChI is InChI=1S/C18H26N2O5/c1-18(2,3)25-17(21)11-13-7-9-19(10-8-13)14-5-6-15(20(22)23)16(12-14)24-4/h5-6,12-13H,7-11H2,1-4H3. The van der Waals surface area contributed by atoms with Gasteiger partial charge in [-0.05, 0) is 45.6 Å². The smallest absolute Gasteiger partial charge is 0.311 e. The van der Waals surface area contributed by atoms with Crippen LogP contribution in [0.2, 0.25) is 0 Å². The van der Waals surface area contributed by atoms with Crippen LogP contribution >= 0.6 is 0 Å². The van der Waals surface area contributed by atoms with Crippen molar-refractivity contribution < 1.29 is 19.2 Å². The van der Waals surface area contributed by atoms with Crippen molar-refractivity contribution >= 4 is 17.3 Å². The molecular weight excluding hydrogens is 324 g/mol. The number of nitro groups is 1. The van der Waals surface area contributed by atoms with Crippen LogP contribution in [0, 0.1) is 16.0 Å². The fourth-order valence-corrected chi connectivity index (χ4v) is 3.03. The summed E-state index contributed by atoms with van der Waals surface area (Å²) in [6, 6.07) is 4.92. The van der Waals surface area contributed by atoms with Gasteiger partial charge in [0.05, 0.1) is 12.0 Å². The first-order chi connectivity index (χ1) is 11.7. The molecule has 0 bridgehead atoms. The van der Waals surface area contributed by atoms with Gasteiger partial charge in [-0.1, -0.05) is 0 Å². The number of carbonyl (C=O) groups excluding carboxylic acids is 1. The Bertz CT molecular complexity index is 631. The van der Waals surface area contributed by atoms with Crippen LogP contribution in [-0.4, -0.2) is 36.7 Å². The Hall–Kier alpha value is -2.31. The van der Waals surface area contributed by atoms with Gasteiger partial charge >= 0.3 is 11.7 Å². The lowest BCUT2D eigenvalue weighted by Crippen LogP contribution is -2.35. The number of piperidine rings is 1. The van der Waals surface area contributed by atoms with Crippen molar-refractivity contribution in [2.24, 2.45) is 5.92 Å². The molecule has 1 fully saturated rings. The Labute approximate surface area is 148 Å². The van der Waals surface area contributed by atoms with Crippen LogP contribution in [0.25, 0.3) is 0 Å². The van der Waals surface area contributed by atoms with Crippen molar-refractivity contribution in [2.45, 2.75) is 45.6 Å². The Kier molecular flexibility index (Phi) is 5.87. The van der Waals surface area contributed by atoms with E-state index in [4.69, 9.17) is 9.47 Å². The van der Waals surface area contributed by atoms with Crippen molar-refractivity contribution in [3.05, 3.63) is 28.3 Å². The van der Waals surface area contributed by atoms with Crippen molar-refractivity contribution in [3.63, 3.8) is 0 Å². The average molecular weight is 350 g/mol. The third kappa shape index (κ3) is 5.34. The second-order valence-electron chi connectivity index (χ2n) is 7.33. The van der Waals surface area contributed by atoms with Crippen LogP contribution in [0.4, 0.5) is 11.4 Å². The minimum absolute atomic E-state index is 0.0361. The number of anilines is 1. The first-order valence-corrected chi connectivity index (χ1v) is 8.49. The molecule has 0 radical (unpaired) electrons. The lowest BCUT2D eigenvalue weighted by atomic mass is 9.93. The van der Waals surface area contributed by atoms with E-state index in [1.165, 1.54) is 13.2 Å². The van der Waals surface area contributed by atoms with E-state index in [0.29, 0.717) is 12.3 Å². The molecule has 0 N–H and O–H groups in total. The molecule has 1 aromatic carbocycles. The predicted molar refractivity (Wildman–Crippen MR) is 95.0 cm³/mol. The molecular formula is C18H26N2O5. The summed E-state index contributed by atoms with van der Waals surface area (Å²) in [5, 5.41) is 11.0. The van der Waals surface area contributed by atoms with Crippen molar-refractivity contribution in [1.29, 1.82) is 0 Å². The number of esters is 1. The summed E-state index contributed by atoms with van der Waals surface area (Å²) >= 11 is 0. The lowest BCUT2D eigenvalue weighted by Gasteiger charge is -2.33. The molecule has 0 amide bonds. The van der Waals surface area contributed by atoms with Crippen LogP contribution in [0.5, 0.6) is 5.75 Å². The first kappa shape index (κ1) is 19.0. The molecule has 1 aliphatic rings. The van der Waals surface area contributed by atoms with E-state index in [1.807, 2.05) is 20.8 Å². The predicted octanol–water partition coefficient (Wildman–Crippen LogP) is 3.55. The molecule has 1 heterocycles. The molecule has 1 aromatic rings. The summed E-state index contributed by atoms with van der Waals surface area (Å²) in [6.45, 7) is 7.21. The van der Waals surface area contributed by atoms with Gasteiger partial charge in [0.15, 0.2) is 5.75 Å². The number of carbonyl (C=O) groups is 1. The third-order valence-corrected chi connectivity index (χ3v) is 4.22. The van der Waals surface area contributed by atoms with Gasteiger partial charge in [-0.25, -0.2) is 0 Å². The summed E-state index contributed by atoms with van der Waals surface area (Å²) in [5.41, 5.74) is 0.414. The van der Waals surface area contributed by atoms with E-state index < -0.39 is 10.5 Å². The van der Waals surface area contributed by atoms with E-state index in [-0.39, 0.29) is 17.4 Å².